The molecular formula is C70H108N10O10. The Balaban J connectivity index is 1.34. The molecule has 3 aromatic rings. The van der Waals surface area contributed by atoms with Crippen LogP contribution < -0.4 is 42.5 Å². The molecule has 0 aromatic heterocycles. The van der Waals surface area contributed by atoms with Crippen LogP contribution in [-0.4, -0.2) is 159 Å². The van der Waals surface area contributed by atoms with Gasteiger partial charge in [0, 0.05) is 49.5 Å². The van der Waals surface area contributed by atoms with E-state index in [1.54, 1.807) is 27.9 Å². The molecule has 2 saturated heterocycles. The Kier molecular flexibility index (Phi) is 30.4. The molecule has 5 rings (SSSR count). The monoisotopic (exact) mass is 1250 g/mol. The molecule has 20 nitrogen and oxygen atoms in total. The topological polar surface area (TPSA) is 258 Å². The highest BCUT2D eigenvalue weighted by atomic mass is 16.5. The van der Waals surface area contributed by atoms with Crippen LogP contribution in [0.1, 0.15) is 203 Å². The second-order valence-corrected chi connectivity index (χ2v) is 26.7. The standard InChI is InChI=1S/C70H108N10O10/c1-13-15-17-19-21-29-39-89-45-55(49-31-25-23-26-32-49)75-65(85)57-41-53(43-79(57)67(87)59(69(5,6)7)77-61(81)47(3)71-11)73-63(83)51-35-37-52(38-36-51)64(84)74-54-42-58(80(44-54)68(88)60(70(8,9)10)78-62(82)48(4)72-12)66(86)76-56(50-33-27-24-28-34-50)46-90-40-30-22-20-18-16-14-2/h23-28,31-38,47-48,53-60,71-72H,13-22,29-30,39-46H2,1-12H3,(H,73,83)(H,74,84)(H,75,85)(H,76,86)(H,77,81)(H,78,82)/t47-,48-,53-,54-,55+,56+,57-,58-,59+,60+/m0/s1. The number of amides is 8. The quantitative estimate of drug-likeness (QED) is 0.0259. The highest BCUT2D eigenvalue weighted by Crippen LogP contribution is 2.30. The zero-order chi connectivity index (χ0) is 66.0. The van der Waals surface area contributed by atoms with Crippen molar-refractivity contribution in [1.82, 2.24) is 52.3 Å². The van der Waals surface area contributed by atoms with E-state index in [0.717, 1.165) is 49.7 Å². The number of carbonyl (C=O) groups excluding carboxylic acids is 8. The molecule has 0 aliphatic carbocycles. The van der Waals surface area contributed by atoms with Crippen LogP contribution in [0.15, 0.2) is 84.9 Å². The third kappa shape index (κ3) is 22.9. The fourth-order valence-corrected chi connectivity index (χ4v) is 11.3. The van der Waals surface area contributed by atoms with Crippen molar-refractivity contribution >= 4 is 47.3 Å². The summed E-state index contributed by atoms with van der Waals surface area (Å²) in [5.74, 6) is -3.57. The molecule has 20 heteroatoms. The van der Waals surface area contributed by atoms with E-state index in [4.69, 9.17) is 9.47 Å². The van der Waals surface area contributed by atoms with E-state index in [9.17, 15) is 38.4 Å². The SMILES string of the molecule is CCCCCCCCOC[C@@H](NC(=O)[C@@H]1C[C@H](NC(=O)c2ccc(C(=O)N[C@H]3C[C@@H](C(=O)N[C@H](COCCCCCCCC)c4ccccc4)N(C(=O)[C@@H](NC(=O)[C@H](C)NC)C(C)(C)C)C3)cc2)CN1C(=O)[C@@H](NC(=O)[C@H](C)NC)C(C)(C)C)c1ccccc1. The van der Waals surface area contributed by atoms with E-state index in [1.807, 2.05) is 102 Å². The summed E-state index contributed by atoms with van der Waals surface area (Å²) in [6, 6.07) is 17.3. The number of unbranched alkanes of at least 4 members (excludes halogenated alkanes) is 10. The van der Waals surface area contributed by atoms with Gasteiger partial charge in [-0.25, -0.2) is 0 Å². The maximum atomic E-state index is 14.9. The Morgan fingerprint density at radius 3 is 1.13 bits per heavy atom. The zero-order valence-electron chi connectivity index (χ0n) is 56.0. The number of nitrogens with zero attached hydrogens (tertiary/aromatic N) is 2. The predicted molar refractivity (Wildman–Crippen MR) is 352 cm³/mol. The number of likely N-dealkylation sites (N-methyl/N-ethyl adjacent to an activating group) is 2. The molecule has 0 spiro atoms. The molecule has 2 heterocycles. The minimum atomic E-state index is -1.03. The number of rotatable bonds is 36. The van der Waals surface area contributed by atoms with Gasteiger partial charge < -0.3 is 61.8 Å². The number of likely N-dealkylation sites (tertiary alicyclic amines) is 2. The van der Waals surface area contributed by atoms with Gasteiger partial charge in [-0.2, -0.15) is 0 Å². The third-order valence-electron chi connectivity index (χ3n) is 17.2. The highest BCUT2D eigenvalue weighted by molar-refractivity contribution is 5.99. The molecule has 2 aliphatic rings. The van der Waals surface area contributed by atoms with Gasteiger partial charge in [-0.1, -0.05) is 180 Å². The average molecular weight is 1250 g/mol. The van der Waals surface area contributed by atoms with E-state index < -0.39 is 107 Å². The molecule has 0 radical (unpaired) electrons. The first-order valence-electron chi connectivity index (χ1n) is 33.1. The van der Waals surface area contributed by atoms with E-state index in [1.165, 1.54) is 72.6 Å². The van der Waals surface area contributed by atoms with Crippen LogP contribution in [0.4, 0.5) is 0 Å². The lowest BCUT2D eigenvalue weighted by Crippen LogP contribution is -2.59. The largest absolute Gasteiger partial charge is 0.379 e. The number of carbonyl (C=O) groups is 8. The number of benzene rings is 3. The van der Waals surface area contributed by atoms with Crippen LogP contribution in [0.5, 0.6) is 0 Å². The number of nitrogens with one attached hydrogen (secondary N) is 8. The molecule has 10 atom stereocenters. The van der Waals surface area contributed by atoms with Crippen molar-refractivity contribution in [2.75, 3.05) is 53.6 Å². The summed E-state index contributed by atoms with van der Waals surface area (Å²) >= 11 is 0. The molecule has 0 bridgehead atoms. The molecule has 3 aromatic carbocycles. The first-order chi connectivity index (χ1) is 42.9. The van der Waals surface area contributed by atoms with Crippen molar-refractivity contribution in [2.45, 2.75) is 220 Å². The van der Waals surface area contributed by atoms with Crippen molar-refractivity contribution in [1.29, 1.82) is 0 Å². The van der Waals surface area contributed by atoms with Crippen LogP contribution in [0.2, 0.25) is 0 Å². The Morgan fingerprint density at radius 2 is 0.811 bits per heavy atom. The van der Waals surface area contributed by atoms with Crippen LogP contribution >= 0.6 is 0 Å². The molecule has 0 unspecified atom stereocenters. The second-order valence-electron chi connectivity index (χ2n) is 26.7. The van der Waals surface area contributed by atoms with Gasteiger partial charge in [0.15, 0.2) is 0 Å². The molecule has 90 heavy (non-hydrogen) atoms. The fraction of sp³-hybridized carbons (Fsp3) is 0.629. The van der Waals surface area contributed by atoms with E-state index in [0.29, 0.717) is 13.2 Å². The highest BCUT2D eigenvalue weighted by Gasteiger charge is 2.48. The maximum Gasteiger partial charge on any atom is 0.251 e. The minimum absolute atomic E-state index is 0.0322. The van der Waals surface area contributed by atoms with Crippen LogP contribution in [0, 0.1) is 10.8 Å². The van der Waals surface area contributed by atoms with E-state index in [2.05, 4.69) is 56.4 Å². The zero-order valence-corrected chi connectivity index (χ0v) is 56.0. The summed E-state index contributed by atoms with van der Waals surface area (Å²) in [6.45, 7) is 20.2. The molecule has 2 fully saturated rings. The lowest BCUT2D eigenvalue weighted by Gasteiger charge is -2.36. The summed E-state index contributed by atoms with van der Waals surface area (Å²) in [6.07, 6.45) is 13.4. The second kappa shape index (κ2) is 36.9. The maximum absolute atomic E-state index is 14.9. The van der Waals surface area contributed by atoms with Gasteiger partial charge in [0.1, 0.15) is 24.2 Å². The predicted octanol–water partition coefficient (Wildman–Crippen LogP) is 7.83. The molecular weight excluding hydrogens is 1140 g/mol. The van der Waals surface area contributed by atoms with Crippen LogP contribution in [0.25, 0.3) is 0 Å². The summed E-state index contributed by atoms with van der Waals surface area (Å²) in [5, 5.41) is 24.1. The van der Waals surface area contributed by atoms with Gasteiger partial charge in [0.2, 0.25) is 35.4 Å². The number of hydrogen-bond acceptors (Lipinski definition) is 12. The van der Waals surface area contributed by atoms with Crippen LogP contribution in [-0.2, 0) is 38.2 Å². The van der Waals surface area contributed by atoms with Crippen molar-refractivity contribution in [3.05, 3.63) is 107 Å². The first-order valence-corrected chi connectivity index (χ1v) is 33.1. The molecule has 498 valence electrons. The Bertz CT molecular complexity index is 2550. The van der Waals surface area contributed by atoms with Gasteiger partial charge in [0.25, 0.3) is 11.8 Å². The van der Waals surface area contributed by atoms with Crippen molar-refractivity contribution < 1.29 is 47.8 Å². The van der Waals surface area contributed by atoms with Gasteiger partial charge in [-0.15, -0.1) is 0 Å². The fourth-order valence-electron chi connectivity index (χ4n) is 11.3. The molecule has 8 N–H and O–H groups in total. The van der Waals surface area contributed by atoms with Gasteiger partial charge in [-0.05, 0) is 99.8 Å². The Labute approximate surface area is 536 Å². The first kappa shape index (κ1) is 74.0. The van der Waals surface area contributed by atoms with E-state index in [-0.39, 0.29) is 62.1 Å². The summed E-state index contributed by atoms with van der Waals surface area (Å²) in [4.78, 5) is 117. The van der Waals surface area contributed by atoms with Crippen LogP contribution in [0.3, 0.4) is 0 Å². The molecule has 0 saturated carbocycles. The van der Waals surface area contributed by atoms with Crippen molar-refractivity contribution in [3.8, 4) is 0 Å². The van der Waals surface area contributed by atoms with Crippen molar-refractivity contribution in [3.63, 3.8) is 0 Å². The molecule has 2 aliphatic heterocycles. The number of hydrogen-bond donors (Lipinski definition) is 8. The number of ether oxygens (including phenoxy) is 2. The average Bonchev–Trinajstić information content (AvgIpc) is 1.63. The summed E-state index contributed by atoms with van der Waals surface area (Å²) in [5.41, 5.74) is 0.549. The smallest absolute Gasteiger partial charge is 0.251 e. The Morgan fingerprint density at radius 1 is 0.478 bits per heavy atom. The normalized spacial score (nSPS) is 18.8. The van der Waals surface area contributed by atoms with Gasteiger partial charge in [0.05, 0.1) is 37.4 Å². The summed E-state index contributed by atoms with van der Waals surface area (Å²) < 4.78 is 12.3. The lowest BCUT2D eigenvalue weighted by molar-refractivity contribution is -0.144. The van der Waals surface area contributed by atoms with Gasteiger partial charge in [-0.3, -0.25) is 38.4 Å². The Hall–Kier alpha value is -6.74. The molecule has 8 amide bonds. The third-order valence-corrected chi connectivity index (χ3v) is 17.2. The van der Waals surface area contributed by atoms with Gasteiger partial charge >= 0.3 is 0 Å². The minimum Gasteiger partial charge on any atom is -0.379 e. The summed E-state index contributed by atoms with van der Waals surface area (Å²) in [7, 11) is 3.30. The van der Waals surface area contributed by atoms with Crippen molar-refractivity contribution in [2.24, 2.45) is 10.8 Å². The lowest BCUT2D eigenvalue weighted by atomic mass is 9.85. The van der Waals surface area contributed by atoms with E-state index >= 15 is 0 Å².